The molecule has 4 aliphatic heterocycles. The Morgan fingerprint density at radius 2 is 1.85 bits per heavy atom. The van der Waals surface area contributed by atoms with Gasteiger partial charge in [-0.25, -0.2) is 0 Å². The third kappa shape index (κ3) is 4.79. The van der Waals surface area contributed by atoms with Gasteiger partial charge in [0.15, 0.2) is 5.96 Å². The highest BCUT2D eigenvalue weighted by atomic mass is 127. The highest BCUT2D eigenvalue weighted by Crippen LogP contribution is 2.31. The van der Waals surface area contributed by atoms with Gasteiger partial charge in [0.05, 0.1) is 0 Å². The van der Waals surface area contributed by atoms with Crippen LogP contribution in [0.2, 0.25) is 0 Å². The number of rotatable bonds is 4. The van der Waals surface area contributed by atoms with Crippen LogP contribution in [0.3, 0.4) is 0 Å². The summed E-state index contributed by atoms with van der Waals surface area (Å²) in [6, 6.07) is 0.666. The minimum Gasteiger partial charge on any atom is -0.381 e. The molecular formula is C20H36IN5O. The van der Waals surface area contributed by atoms with E-state index in [9.17, 15) is 0 Å². The molecule has 0 aromatic heterocycles. The fraction of sp³-hybridized carbons (Fsp3) is 0.850. The van der Waals surface area contributed by atoms with Crippen molar-refractivity contribution < 1.29 is 4.74 Å². The minimum atomic E-state index is 0. The van der Waals surface area contributed by atoms with Crippen molar-refractivity contribution in [2.45, 2.75) is 43.7 Å². The average Bonchev–Trinajstić information content (AvgIpc) is 3.44. The fourth-order valence-electron chi connectivity index (χ4n) is 5.15. The van der Waals surface area contributed by atoms with Crippen molar-refractivity contribution in [2.75, 3.05) is 66.1 Å². The maximum Gasteiger partial charge on any atom is 0.193 e. The average molecular weight is 489 g/mol. The quantitative estimate of drug-likeness (QED) is 0.282. The van der Waals surface area contributed by atoms with E-state index >= 15 is 0 Å². The van der Waals surface area contributed by atoms with Crippen molar-refractivity contribution in [3.05, 3.63) is 12.2 Å². The Kier molecular flexibility index (Phi) is 7.82. The number of aliphatic imine (C=N–C) groups is 1. The molecule has 154 valence electrons. The van der Waals surface area contributed by atoms with Crippen molar-refractivity contribution in [3.8, 4) is 0 Å². The maximum atomic E-state index is 5.68. The first-order chi connectivity index (χ1) is 12.8. The molecule has 0 bridgehead atoms. The van der Waals surface area contributed by atoms with Crippen LogP contribution in [0.15, 0.2) is 17.1 Å². The lowest BCUT2D eigenvalue weighted by Gasteiger charge is -2.45. The van der Waals surface area contributed by atoms with Crippen LogP contribution in [0.4, 0.5) is 0 Å². The summed E-state index contributed by atoms with van der Waals surface area (Å²) in [4.78, 5) is 12.4. The van der Waals surface area contributed by atoms with E-state index in [1.807, 2.05) is 7.05 Å². The first kappa shape index (κ1) is 21.3. The molecule has 3 fully saturated rings. The number of nitrogens with zero attached hydrogens (tertiary/aromatic N) is 4. The third-order valence-corrected chi connectivity index (χ3v) is 6.81. The smallest absolute Gasteiger partial charge is 0.193 e. The lowest BCUT2D eigenvalue weighted by molar-refractivity contribution is -0.0166. The number of hydrogen-bond donors (Lipinski definition) is 1. The molecule has 7 heteroatoms. The number of ether oxygens (including phenoxy) is 1. The van der Waals surface area contributed by atoms with E-state index in [1.165, 1.54) is 32.4 Å². The zero-order chi connectivity index (χ0) is 17.8. The van der Waals surface area contributed by atoms with E-state index in [4.69, 9.17) is 4.74 Å². The Labute approximate surface area is 181 Å². The molecule has 0 aliphatic carbocycles. The molecule has 0 spiro atoms. The second-order valence-corrected chi connectivity index (χ2v) is 8.25. The monoisotopic (exact) mass is 489 g/mol. The van der Waals surface area contributed by atoms with Crippen LogP contribution in [-0.4, -0.2) is 98.3 Å². The molecule has 0 radical (unpaired) electrons. The van der Waals surface area contributed by atoms with Gasteiger partial charge >= 0.3 is 0 Å². The van der Waals surface area contributed by atoms with Crippen LogP contribution in [0.1, 0.15) is 32.1 Å². The van der Waals surface area contributed by atoms with Gasteiger partial charge in [-0.2, -0.15) is 0 Å². The summed E-state index contributed by atoms with van der Waals surface area (Å²) >= 11 is 0. The molecule has 0 saturated carbocycles. The molecule has 1 N–H and O–H groups in total. The molecule has 4 heterocycles. The first-order valence-electron chi connectivity index (χ1n) is 10.5. The molecule has 1 atom stereocenters. The van der Waals surface area contributed by atoms with Gasteiger partial charge in [0.2, 0.25) is 0 Å². The predicted octanol–water partition coefficient (Wildman–Crippen LogP) is 1.77. The van der Waals surface area contributed by atoms with E-state index in [-0.39, 0.29) is 29.5 Å². The second-order valence-electron chi connectivity index (χ2n) is 8.25. The van der Waals surface area contributed by atoms with Crippen molar-refractivity contribution in [1.29, 1.82) is 0 Å². The van der Waals surface area contributed by atoms with Gasteiger partial charge in [0.25, 0.3) is 0 Å². The summed E-state index contributed by atoms with van der Waals surface area (Å²) in [5.41, 5.74) is 0.253. The van der Waals surface area contributed by atoms with E-state index in [0.29, 0.717) is 6.04 Å². The van der Waals surface area contributed by atoms with Gasteiger partial charge in [-0.05, 0) is 45.2 Å². The van der Waals surface area contributed by atoms with Crippen LogP contribution in [0, 0.1) is 0 Å². The molecule has 0 amide bonds. The largest absolute Gasteiger partial charge is 0.381 e. The SMILES string of the molecule is CN=C(NCC1(N2CCCC2)CCOCC1)N1CCC(N2CC=CC2)C1.I. The summed E-state index contributed by atoms with van der Waals surface area (Å²) in [6.45, 7) is 9.71. The van der Waals surface area contributed by atoms with Crippen molar-refractivity contribution >= 4 is 29.9 Å². The molecule has 3 saturated heterocycles. The topological polar surface area (TPSA) is 43.3 Å². The highest BCUT2D eigenvalue weighted by Gasteiger charge is 2.40. The van der Waals surface area contributed by atoms with Gasteiger partial charge in [-0.1, -0.05) is 12.2 Å². The van der Waals surface area contributed by atoms with Crippen LogP contribution >= 0.6 is 24.0 Å². The maximum absolute atomic E-state index is 5.68. The van der Waals surface area contributed by atoms with Crippen LogP contribution in [-0.2, 0) is 4.74 Å². The van der Waals surface area contributed by atoms with Gasteiger partial charge in [-0.15, -0.1) is 24.0 Å². The summed E-state index contributed by atoms with van der Waals surface area (Å²) in [5, 5.41) is 3.75. The van der Waals surface area contributed by atoms with E-state index in [1.54, 1.807) is 0 Å². The molecule has 27 heavy (non-hydrogen) atoms. The molecule has 6 nitrogen and oxygen atoms in total. The number of likely N-dealkylation sites (tertiary alicyclic amines) is 2. The molecule has 4 rings (SSSR count). The Hall–Kier alpha value is -0.380. The first-order valence-corrected chi connectivity index (χ1v) is 10.5. The Morgan fingerprint density at radius 3 is 2.52 bits per heavy atom. The lowest BCUT2D eigenvalue weighted by atomic mass is 9.88. The predicted molar refractivity (Wildman–Crippen MR) is 121 cm³/mol. The van der Waals surface area contributed by atoms with Gasteiger partial charge in [0, 0.05) is 64.6 Å². The van der Waals surface area contributed by atoms with Crippen molar-refractivity contribution in [3.63, 3.8) is 0 Å². The molecule has 0 aromatic rings. The van der Waals surface area contributed by atoms with E-state index < -0.39 is 0 Å². The molecule has 0 aromatic carbocycles. The van der Waals surface area contributed by atoms with Gasteiger partial charge in [-0.3, -0.25) is 14.8 Å². The lowest BCUT2D eigenvalue weighted by Crippen LogP contribution is -2.59. The molecular weight excluding hydrogens is 453 g/mol. The summed E-state index contributed by atoms with van der Waals surface area (Å²) in [7, 11) is 1.93. The standard InChI is InChI=1S/C20H35N5O.HI/c1-21-19(24-13-6-18(16-24)23-9-2-3-10-23)22-17-20(7-14-26-15-8-20)25-11-4-5-12-25;/h2-3,18H,4-17H2,1H3,(H,21,22);1H. The Bertz CT molecular complexity index is 520. The van der Waals surface area contributed by atoms with Crippen LogP contribution in [0.25, 0.3) is 0 Å². The number of hydrogen-bond acceptors (Lipinski definition) is 4. The zero-order valence-electron chi connectivity index (χ0n) is 16.7. The number of guanidine groups is 1. The van der Waals surface area contributed by atoms with Gasteiger partial charge in [0.1, 0.15) is 0 Å². The fourth-order valence-corrected chi connectivity index (χ4v) is 5.15. The van der Waals surface area contributed by atoms with E-state index in [0.717, 1.165) is 64.7 Å². The third-order valence-electron chi connectivity index (χ3n) is 6.81. The summed E-state index contributed by atoms with van der Waals surface area (Å²) in [5.74, 6) is 1.09. The molecule has 4 aliphatic rings. The number of nitrogens with one attached hydrogen (secondary N) is 1. The van der Waals surface area contributed by atoms with Gasteiger partial charge < -0.3 is 15.0 Å². The van der Waals surface area contributed by atoms with Crippen molar-refractivity contribution in [2.24, 2.45) is 4.99 Å². The Morgan fingerprint density at radius 1 is 1.15 bits per heavy atom. The molecule has 1 unspecified atom stereocenters. The van der Waals surface area contributed by atoms with Crippen molar-refractivity contribution in [1.82, 2.24) is 20.0 Å². The summed E-state index contributed by atoms with van der Waals surface area (Å²) in [6.07, 6.45) is 10.8. The second kappa shape index (κ2) is 9.89. The highest BCUT2D eigenvalue weighted by molar-refractivity contribution is 14.0. The Balaban J connectivity index is 0.00000210. The normalized spacial score (nSPS) is 29.3. The zero-order valence-corrected chi connectivity index (χ0v) is 19.1. The van der Waals surface area contributed by atoms with Crippen LogP contribution in [0.5, 0.6) is 0 Å². The van der Waals surface area contributed by atoms with Crippen LogP contribution < -0.4 is 5.32 Å². The minimum absolute atomic E-state index is 0. The van der Waals surface area contributed by atoms with E-state index in [2.05, 4.69) is 37.2 Å². The summed E-state index contributed by atoms with van der Waals surface area (Å²) < 4.78 is 5.68. The number of halogens is 1.